The number of hydrogen-bond acceptors (Lipinski definition) is 4. The van der Waals surface area contributed by atoms with Crippen LogP contribution in [0.25, 0.3) is 0 Å². The van der Waals surface area contributed by atoms with Crippen LogP contribution in [0.3, 0.4) is 0 Å². The van der Waals surface area contributed by atoms with Crippen molar-refractivity contribution in [3.63, 3.8) is 0 Å². The summed E-state index contributed by atoms with van der Waals surface area (Å²) in [6.07, 6.45) is 7.00. The largest absolute Gasteiger partial charge is 0.369 e. The maximum absolute atomic E-state index is 9.15. The zero-order valence-corrected chi connectivity index (χ0v) is 10.4. The fourth-order valence-corrected chi connectivity index (χ4v) is 3.40. The SMILES string of the molecule is N#Cc1ccncc1N1C[C@H]2CCC(N)C[C@H]2C1. The normalized spacial score (nSPS) is 30.9. The number of hydrogen-bond donors (Lipinski definition) is 1. The van der Waals surface area contributed by atoms with Crippen molar-refractivity contribution in [2.24, 2.45) is 17.6 Å². The first-order chi connectivity index (χ1) is 8.78. The van der Waals surface area contributed by atoms with Crippen LogP contribution in [0.4, 0.5) is 5.69 Å². The molecule has 94 valence electrons. The minimum absolute atomic E-state index is 0.371. The van der Waals surface area contributed by atoms with Crippen molar-refractivity contribution in [2.45, 2.75) is 25.3 Å². The standard InChI is InChI=1S/C14H18N4/c15-6-10-3-4-17-7-14(10)18-8-11-1-2-13(16)5-12(11)9-18/h3-4,7,11-13H,1-2,5,8-9,16H2/t11-,12+,13?/m1/s1. The van der Waals surface area contributed by atoms with Crippen LogP contribution in [-0.2, 0) is 0 Å². The van der Waals surface area contributed by atoms with Gasteiger partial charge in [-0.25, -0.2) is 0 Å². The number of nitrogens with two attached hydrogens (primary N) is 1. The Bertz CT molecular complexity index is 479. The van der Waals surface area contributed by atoms with E-state index in [1.165, 1.54) is 6.42 Å². The third-order valence-corrected chi connectivity index (χ3v) is 4.35. The van der Waals surface area contributed by atoms with E-state index in [4.69, 9.17) is 11.0 Å². The second-order valence-electron chi connectivity index (χ2n) is 5.50. The van der Waals surface area contributed by atoms with E-state index in [-0.39, 0.29) is 0 Å². The third kappa shape index (κ3) is 1.95. The van der Waals surface area contributed by atoms with Gasteiger partial charge in [0, 0.05) is 25.3 Å². The second kappa shape index (κ2) is 4.58. The van der Waals surface area contributed by atoms with Crippen LogP contribution in [0, 0.1) is 23.2 Å². The van der Waals surface area contributed by atoms with E-state index >= 15 is 0 Å². The Hall–Kier alpha value is -1.60. The summed E-state index contributed by atoms with van der Waals surface area (Å²) >= 11 is 0. The Labute approximate surface area is 107 Å². The molecule has 0 bridgehead atoms. The summed E-state index contributed by atoms with van der Waals surface area (Å²) in [5, 5.41) is 9.15. The summed E-state index contributed by atoms with van der Waals surface area (Å²) in [6.45, 7) is 2.08. The molecule has 0 amide bonds. The first-order valence-electron chi connectivity index (χ1n) is 6.62. The summed E-state index contributed by atoms with van der Waals surface area (Å²) in [5.41, 5.74) is 7.77. The van der Waals surface area contributed by atoms with E-state index in [9.17, 15) is 0 Å². The Morgan fingerprint density at radius 1 is 1.33 bits per heavy atom. The van der Waals surface area contributed by atoms with Gasteiger partial charge in [0.15, 0.2) is 0 Å². The zero-order valence-electron chi connectivity index (χ0n) is 10.4. The predicted molar refractivity (Wildman–Crippen MR) is 70.0 cm³/mol. The van der Waals surface area contributed by atoms with E-state index < -0.39 is 0 Å². The van der Waals surface area contributed by atoms with Crippen LogP contribution < -0.4 is 10.6 Å². The second-order valence-corrected chi connectivity index (χ2v) is 5.50. The number of pyridine rings is 1. The van der Waals surface area contributed by atoms with Crippen molar-refractivity contribution < 1.29 is 0 Å². The van der Waals surface area contributed by atoms with Crippen LogP contribution in [-0.4, -0.2) is 24.1 Å². The Balaban J connectivity index is 1.81. The van der Waals surface area contributed by atoms with Crippen molar-refractivity contribution in [1.29, 1.82) is 5.26 Å². The lowest BCUT2D eigenvalue weighted by Gasteiger charge is -2.27. The molecule has 0 radical (unpaired) electrons. The van der Waals surface area contributed by atoms with Crippen molar-refractivity contribution >= 4 is 5.69 Å². The van der Waals surface area contributed by atoms with E-state index in [1.54, 1.807) is 12.3 Å². The first kappa shape index (κ1) is 11.5. The highest BCUT2D eigenvalue weighted by Crippen LogP contribution is 2.38. The molecular weight excluding hydrogens is 224 g/mol. The van der Waals surface area contributed by atoms with E-state index in [0.29, 0.717) is 12.0 Å². The van der Waals surface area contributed by atoms with Gasteiger partial charge in [-0.05, 0) is 37.2 Å². The van der Waals surface area contributed by atoms with Crippen LogP contribution >= 0.6 is 0 Å². The summed E-state index contributed by atoms with van der Waals surface area (Å²) < 4.78 is 0. The molecule has 18 heavy (non-hydrogen) atoms. The van der Waals surface area contributed by atoms with Gasteiger partial charge in [-0.2, -0.15) is 5.26 Å². The number of nitriles is 1. The summed E-state index contributed by atoms with van der Waals surface area (Å²) in [6, 6.07) is 4.42. The maximum Gasteiger partial charge on any atom is 0.101 e. The van der Waals surface area contributed by atoms with Gasteiger partial charge in [-0.15, -0.1) is 0 Å². The summed E-state index contributed by atoms with van der Waals surface area (Å²) in [4.78, 5) is 6.47. The van der Waals surface area contributed by atoms with Crippen molar-refractivity contribution in [2.75, 3.05) is 18.0 Å². The fourth-order valence-electron chi connectivity index (χ4n) is 3.40. The number of aromatic nitrogens is 1. The molecular formula is C14H18N4. The highest BCUT2D eigenvalue weighted by Gasteiger charge is 2.37. The molecule has 2 fully saturated rings. The van der Waals surface area contributed by atoms with Crippen LogP contribution in [0.1, 0.15) is 24.8 Å². The van der Waals surface area contributed by atoms with Gasteiger partial charge in [-0.1, -0.05) is 0 Å². The Kier molecular flexibility index (Phi) is 2.92. The lowest BCUT2D eigenvalue weighted by molar-refractivity contribution is 0.271. The molecule has 1 aromatic heterocycles. The van der Waals surface area contributed by atoms with Crippen molar-refractivity contribution in [1.82, 2.24) is 4.98 Å². The maximum atomic E-state index is 9.15. The molecule has 1 aliphatic carbocycles. The molecule has 4 heteroatoms. The molecule has 1 aliphatic heterocycles. The Morgan fingerprint density at radius 3 is 3.00 bits per heavy atom. The average molecular weight is 242 g/mol. The molecule has 2 heterocycles. The zero-order chi connectivity index (χ0) is 12.5. The highest BCUT2D eigenvalue weighted by atomic mass is 15.2. The van der Waals surface area contributed by atoms with Gasteiger partial charge in [0.25, 0.3) is 0 Å². The van der Waals surface area contributed by atoms with Gasteiger partial charge in [0.05, 0.1) is 17.4 Å². The van der Waals surface area contributed by atoms with Crippen LogP contribution in [0.15, 0.2) is 18.5 Å². The van der Waals surface area contributed by atoms with E-state index in [0.717, 1.165) is 43.1 Å². The molecule has 0 aromatic carbocycles. The van der Waals surface area contributed by atoms with Gasteiger partial charge in [0.2, 0.25) is 0 Å². The van der Waals surface area contributed by atoms with E-state index in [2.05, 4.69) is 16.0 Å². The third-order valence-electron chi connectivity index (χ3n) is 4.35. The topological polar surface area (TPSA) is 65.9 Å². The summed E-state index contributed by atoms with van der Waals surface area (Å²) in [7, 11) is 0. The number of anilines is 1. The quantitative estimate of drug-likeness (QED) is 0.810. The number of nitrogens with zero attached hydrogens (tertiary/aromatic N) is 3. The molecule has 1 unspecified atom stereocenters. The lowest BCUT2D eigenvalue weighted by Crippen LogP contribution is -2.32. The van der Waals surface area contributed by atoms with Crippen LogP contribution in [0.2, 0.25) is 0 Å². The molecule has 0 spiro atoms. The van der Waals surface area contributed by atoms with E-state index in [1.807, 2.05) is 6.20 Å². The van der Waals surface area contributed by atoms with Crippen molar-refractivity contribution in [3.8, 4) is 6.07 Å². The molecule has 1 saturated carbocycles. The molecule has 1 aromatic rings. The predicted octanol–water partition coefficient (Wildman–Crippen LogP) is 1.52. The Morgan fingerprint density at radius 2 is 2.17 bits per heavy atom. The number of fused-ring (bicyclic) bond motifs is 1. The molecule has 1 saturated heterocycles. The van der Waals surface area contributed by atoms with Crippen LogP contribution in [0.5, 0.6) is 0 Å². The molecule has 2 aliphatic rings. The number of rotatable bonds is 1. The van der Waals surface area contributed by atoms with Gasteiger partial charge in [0.1, 0.15) is 6.07 Å². The molecule has 4 nitrogen and oxygen atoms in total. The molecule has 3 rings (SSSR count). The smallest absolute Gasteiger partial charge is 0.101 e. The molecule has 3 atom stereocenters. The lowest BCUT2D eigenvalue weighted by atomic mass is 9.79. The highest BCUT2D eigenvalue weighted by molar-refractivity contribution is 5.58. The first-order valence-corrected chi connectivity index (χ1v) is 6.62. The van der Waals surface area contributed by atoms with Gasteiger partial charge < -0.3 is 10.6 Å². The van der Waals surface area contributed by atoms with Gasteiger partial charge in [-0.3, -0.25) is 4.98 Å². The summed E-state index contributed by atoms with van der Waals surface area (Å²) in [5.74, 6) is 1.44. The monoisotopic (exact) mass is 242 g/mol. The van der Waals surface area contributed by atoms with Crippen molar-refractivity contribution in [3.05, 3.63) is 24.0 Å². The minimum Gasteiger partial charge on any atom is -0.369 e. The van der Waals surface area contributed by atoms with Gasteiger partial charge >= 0.3 is 0 Å². The average Bonchev–Trinajstić information content (AvgIpc) is 2.81. The minimum atomic E-state index is 0.371. The fraction of sp³-hybridized carbons (Fsp3) is 0.571. The molecule has 2 N–H and O–H groups in total.